The van der Waals surface area contributed by atoms with Crippen molar-refractivity contribution in [1.29, 1.82) is 0 Å². The van der Waals surface area contributed by atoms with Crippen molar-refractivity contribution in [3.05, 3.63) is 34.9 Å². The Morgan fingerprint density at radius 2 is 1.86 bits per heavy atom. The first-order valence-electron chi connectivity index (χ1n) is 10.7. The molecule has 2 fully saturated rings. The zero-order valence-corrected chi connectivity index (χ0v) is 18.1. The van der Waals surface area contributed by atoms with E-state index in [9.17, 15) is 0 Å². The number of benzene rings is 1. The molecule has 1 N–H and O–H groups in total. The zero-order valence-electron chi connectivity index (χ0n) is 17.4. The highest BCUT2D eigenvalue weighted by Gasteiger charge is 2.23. The minimum Gasteiger partial charge on any atom is -0.378 e. The lowest BCUT2D eigenvalue weighted by atomic mass is 9.96. The van der Waals surface area contributed by atoms with Crippen LogP contribution in [-0.2, 0) is 11.3 Å². The summed E-state index contributed by atoms with van der Waals surface area (Å²) in [4.78, 5) is 9.41. The molecule has 2 aliphatic rings. The fraction of sp³-hybridized carbons (Fsp3) is 0.682. The molecule has 0 unspecified atom stereocenters. The third-order valence-electron chi connectivity index (χ3n) is 5.96. The van der Waals surface area contributed by atoms with E-state index in [4.69, 9.17) is 16.3 Å². The molecule has 0 aromatic heterocycles. The molecule has 6 heteroatoms. The highest BCUT2D eigenvalue weighted by atomic mass is 35.5. The minimum atomic E-state index is 0.418. The van der Waals surface area contributed by atoms with Crippen LogP contribution in [0.1, 0.15) is 38.2 Å². The van der Waals surface area contributed by atoms with Gasteiger partial charge in [0.15, 0.2) is 5.96 Å². The maximum Gasteiger partial charge on any atom is 0.193 e. The zero-order chi connectivity index (χ0) is 19.8. The normalized spacial score (nSPS) is 20.5. The summed E-state index contributed by atoms with van der Waals surface area (Å²) in [7, 11) is 1.89. The van der Waals surface area contributed by atoms with Crippen molar-refractivity contribution in [2.75, 3.05) is 46.4 Å². The topological polar surface area (TPSA) is 40.1 Å². The summed E-state index contributed by atoms with van der Waals surface area (Å²) in [5.41, 5.74) is 1.23. The smallest absolute Gasteiger partial charge is 0.193 e. The number of nitrogens with zero attached hydrogens (tertiary/aromatic N) is 3. The number of rotatable bonds is 6. The van der Waals surface area contributed by atoms with Crippen LogP contribution in [0.4, 0.5) is 0 Å². The van der Waals surface area contributed by atoms with Gasteiger partial charge in [-0.2, -0.15) is 0 Å². The molecule has 156 valence electrons. The van der Waals surface area contributed by atoms with Gasteiger partial charge < -0.3 is 15.0 Å². The van der Waals surface area contributed by atoms with Gasteiger partial charge in [-0.15, -0.1) is 0 Å². The molecule has 0 atom stereocenters. The van der Waals surface area contributed by atoms with Crippen molar-refractivity contribution >= 4 is 17.6 Å². The average molecular weight is 407 g/mol. The fourth-order valence-corrected chi connectivity index (χ4v) is 4.45. The number of hydrogen-bond acceptors (Lipinski definition) is 3. The van der Waals surface area contributed by atoms with Crippen molar-refractivity contribution in [2.24, 2.45) is 10.9 Å². The number of nitrogens with one attached hydrogen (secondary N) is 1. The molecule has 0 radical (unpaired) electrons. The summed E-state index contributed by atoms with van der Waals surface area (Å²) in [6, 6.07) is 8.18. The van der Waals surface area contributed by atoms with E-state index >= 15 is 0 Å². The number of halogens is 1. The molecule has 3 rings (SSSR count). The minimum absolute atomic E-state index is 0.418. The lowest BCUT2D eigenvalue weighted by Crippen LogP contribution is -2.48. The molecule has 1 aromatic carbocycles. The summed E-state index contributed by atoms with van der Waals surface area (Å²) in [6.07, 6.45) is 5.05. The Morgan fingerprint density at radius 1 is 1.14 bits per heavy atom. The predicted octanol–water partition coefficient (Wildman–Crippen LogP) is 3.63. The van der Waals surface area contributed by atoms with E-state index in [1.54, 1.807) is 0 Å². The van der Waals surface area contributed by atoms with Gasteiger partial charge in [0.1, 0.15) is 0 Å². The summed E-state index contributed by atoms with van der Waals surface area (Å²) in [6.45, 7) is 9.18. The SMILES string of the molecule is CCOC1CCN(C(=NC)NCC2CCN(Cc3ccccc3Cl)CC2)CC1. The van der Waals surface area contributed by atoms with Gasteiger partial charge in [0.05, 0.1) is 6.10 Å². The van der Waals surface area contributed by atoms with E-state index in [0.717, 1.165) is 69.7 Å². The largest absolute Gasteiger partial charge is 0.378 e. The summed E-state index contributed by atoms with van der Waals surface area (Å²) in [5, 5.41) is 4.50. The Balaban J connectivity index is 1.38. The first kappa shape index (κ1) is 21.4. The summed E-state index contributed by atoms with van der Waals surface area (Å²) < 4.78 is 5.76. The molecule has 2 saturated heterocycles. The number of hydrogen-bond donors (Lipinski definition) is 1. The van der Waals surface area contributed by atoms with Gasteiger partial charge in [0.2, 0.25) is 0 Å². The maximum atomic E-state index is 6.31. The van der Waals surface area contributed by atoms with Gasteiger partial charge in [0, 0.05) is 44.9 Å². The van der Waals surface area contributed by atoms with Gasteiger partial charge in [0.25, 0.3) is 0 Å². The predicted molar refractivity (Wildman–Crippen MR) is 117 cm³/mol. The van der Waals surface area contributed by atoms with E-state index in [0.29, 0.717) is 12.0 Å². The number of ether oxygens (including phenoxy) is 1. The standard InChI is InChI=1S/C22H35ClN4O/c1-3-28-20-10-14-27(15-11-20)22(24-2)25-16-18-8-12-26(13-9-18)17-19-6-4-5-7-21(19)23/h4-7,18,20H,3,8-17H2,1-2H3,(H,24,25). The first-order chi connectivity index (χ1) is 13.7. The molecule has 28 heavy (non-hydrogen) atoms. The van der Waals surface area contributed by atoms with Crippen LogP contribution >= 0.6 is 11.6 Å². The quantitative estimate of drug-likeness (QED) is 0.578. The van der Waals surface area contributed by atoms with Crippen molar-refractivity contribution in [1.82, 2.24) is 15.1 Å². The second-order valence-corrected chi connectivity index (χ2v) is 8.29. The third-order valence-corrected chi connectivity index (χ3v) is 6.33. The van der Waals surface area contributed by atoms with Crippen molar-refractivity contribution in [2.45, 2.75) is 45.3 Å². The second kappa shape index (κ2) is 11.0. The third kappa shape index (κ3) is 6.10. The lowest BCUT2D eigenvalue weighted by Gasteiger charge is -2.36. The Kier molecular flexibility index (Phi) is 8.44. The van der Waals surface area contributed by atoms with Crippen molar-refractivity contribution < 1.29 is 4.74 Å². The van der Waals surface area contributed by atoms with Crippen LogP contribution in [0.15, 0.2) is 29.3 Å². The van der Waals surface area contributed by atoms with Crippen molar-refractivity contribution in [3.8, 4) is 0 Å². The van der Waals surface area contributed by atoms with Crippen molar-refractivity contribution in [3.63, 3.8) is 0 Å². The molecule has 1 aromatic rings. The molecule has 0 aliphatic carbocycles. The van der Waals surface area contributed by atoms with Crippen LogP contribution in [0.25, 0.3) is 0 Å². The van der Waals surface area contributed by atoms with Gasteiger partial charge >= 0.3 is 0 Å². The highest BCUT2D eigenvalue weighted by molar-refractivity contribution is 6.31. The Hall–Kier alpha value is -1.30. The number of likely N-dealkylation sites (tertiary alicyclic amines) is 2. The highest BCUT2D eigenvalue weighted by Crippen LogP contribution is 2.22. The van der Waals surface area contributed by atoms with Crippen LogP contribution in [0.5, 0.6) is 0 Å². The monoisotopic (exact) mass is 406 g/mol. The van der Waals surface area contributed by atoms with E-state index in [2.05, 4.69) is 39.2 Å². The number of guanidine groups is 1. The molecule has 0 amide bonds. The second-order valence-electron chi connectivity index (χ2n) is 7.88. The van der Waals surface area contributed by atoms with E-state index in [-0.39, 0.29) is 0 Å². The van der Waals surface area contributed by atoms with Gasteiger partial charge in [-0.05, 0) is 63.2 Å². The van der Waals surface area contributed by atoms with Crippen LogP contribution in [0.2, 0.25) is 5.02 Å². The number of piperidine rings is 2. The van der Waals surface area contributed by atoms with E-state index in [1.165, 1.54) is 18.4 Å². The Morgan fingerprint density at radius 3 is 2.50 bits per heavy atom. The molecular formula is C22H35ClN4O. The Bertz CT molecular complexity index is 623. The van der Waals surface area contributed by atoms with Crippen LogP contribution in [0, 0.1) is 5.92 Å². The van der Waals surface area contributed by atoms with Gasteiger partial charge in [-0.25, -0.2) is 0 Å². The maximum absolute atomic E-state index is 6.31. The summed E-state index contributed by atoms with van der Waals surface area (Å²) >= 11 is 6.31. The molecule has 0 spiro atoms. The molecular weight excluding hydrogens is 372 g/mol. The Labute approximate surface area is 175 Å². The van der Waals surface area contributed by atoms with Gasteiger partial charge in [-0.3, -0.25) is 9.89 Å². The molecule has 0 bridgehead atoms. The van der Waals surface area contributed by atoms with E-state index in [1.807, 2.05) is 19.2 Å². The number of aliphatic imine (C=N–C) groups is 1. The van der Waals surface area contributed by atoms with Crippen LogP contribution < -0.4 is 5.32 Å². The van der Waals surface area contributed by atoms with Crippen LogP contribution in [0.3, 0.4) is 0 Å². The molecule has 2 aliphatic heterocycles. The molecule has 2 heterocycles. The summed E-state index contributed by atoms with van der Waals surface area (Å²) in [5.74, 6) is 1.76. The van der Waals surface area contributed by atoms with Crippen LogP contribution in [-0.4, -0.2) is 68.2 Å². The average Bonchev–Trinajstić information content (AvgIpc) is 2.73. The van der Waals surface area contributed by atoms with Gasteiger partial charge in [-0.1, -0.05) is 29.8 Å². The van der Waals surface area contributed by atoms with E-state index < -0.39 is 0 Å². The lowest BCUT2D eigenvalue weighted by molar-refractivity contribution is 0.0263. The first-order valence-corrected chi connectivity index (χ1v) is 11.1. The molecule has 5 nitrogen and oxygen atoms in total. The molecule has 0 saturated carbocycles. The fourth-order valence-electron chi connectivity index (χ4n) is 4.25.